The number of anilines is 2. The first-order chi connectivity index (χ1) is 15.2. The van der Waals surface area contributed by atoms with E-state index in [1.807, 2.05) is 0 Å². The Kier molecular flexibility index (Phi) is 6.58. The third-order valence-electron chi connectivity index (χ3n) is 4.33. The molecule has 1 amide bonds. The van der Waals surface area contributed by atoms with Gasteiger partial charge in [0, 0.05) is 17.2 Å². The Hall–Kier alpha value is -4.55. The van der Waals surface area contributed by atoms with Gasteiger partial charge in [-0.25, -0.2) is 9.97 Å². The summed E-state index contributed by atoms with van der Waals surface area (Å²) in [6.07, 6.45) is 0.530. The molecule has 0 saturated heterocycles. The molecule has 5 N–H and O–H groups in total. The smallest absolute Gasteiger partial charge is 0.280 e. The molecule has 1 aromatic carbocycles. The van der Waals surface area contributed by atoms with Crippen LogP contribution in [0.25, 0.3) is 11.2 Å². The number of nitrogen functional groups attached to an aromatic ring is 1. The molecule has 2 heterocycles. The first kappa shape index (κ1) is 22.1. The van der Waals surface area contributed by atoms with E-state index in [-0.39, 0.29) is 35.6 Å². The second-order valence-corrected chi connectivity index (χ2v) is 6.67. The number of aromatic amines is 1. The summed E-state index contributed by atoms with van der Waals surface area (Å²) >= 11 is 0. The average Bonchev–Trinajstić information content (AvgIpc) is 2.74. The number of carbonyl (C=O) groups excluding carboxylic acids is 3. The van der Waals surface area contributed by atoms with E-state index in [4.69, 9.17) is 5.73 Å². The highest BCUT2D eigenvalue weighted by Crippen LogP contribution is 2.12. The zero-order valence-electron chi connectivity index (χ0n) is 16.5. The van der Waals surface area contributed by atoms with Crippen LogP contribution in [0.5, 0.6) is 0 Å². The Morgan fingerprint density at radius 1 is 1.12 bits per heavy atom. The molecule has 166 valence electrons. The van der Waals surface area contributed by atoms with Gasteiger partial charge in [0.2, 0.25) is 5.95 Å². The van der Waals surface area contributed by atoms with Crippen molar-refractivity contribution in [3.05, 3.63) is 52.1 Å². The highest BCUT2D eigenvalue weighted by molar-refractivity contribution is 5.96. The largest absolute Gasteiger partial charge is 0.550 e. The zero-order chi connectivity index (χ0) is 23.3. The van der Waals surface area contributed by atoms with Crippen molar-refractivity contribution in [2.75, 3.05) is 11.1 Å². The van der Waals surface area contributed by atoms with Crippen LogP contribution in [0, 0.1) is 0 Å². The molecule has 1 atom stereocenters. The SMILES string of the molecule is Nc1nc2nc(CNc3ccc(C(=O)N[C@@H](CCC(=O)[O-])C(=O)[O-])cc3)cnc2c(=O)[nH]1. The lowest BCUT2D eigenvalue weighted by molar-refractivity contribution is -0.309. The Bertz CT molecular complexity index is 1230. The van der Waals surface area contributed by atoms with Crippen molar-refractivity contribution in [3.63, 3.8) is 0 Å². The van der Waals surface area contributed by atoms with Gasteiger partial charge in [-0.3, -0.25) is 14.6 Å². The maximum absolute atomic E-state index is 12.2. The van der Waals surface area contributed by atoms with Crippen molar-refractivity contribution in [3.8, 4) is 0 Å². The third-order valence-corrected chi connectivity index (χ3v) is 4.33. The van der Waals surface area contributed by atoms with E-state index >= 15 is 0 Å². The van der Waals surface area contributed by atoms with Crippen molar-refractivity contribution in [2.45, 2.75) is 25.4 Å². The quantitative estimate of drug-likeness (QED) is 0.268. The number of hydrogen-bond acceptors (Lipinski definition) is 11. The van der Waals surface area contributed by atoms with Crippen LogP contribution in [0.15, 0.2) is 35.3 Å². The third kappa shape index (κ3) is 5.53. The first-order valence-corrected chi connectivity index (χ1v) is 9.30. The minimum Gasteiger partial charge on any atom is -0.550 e. The van der Waals surface area contributed by atoms with Gasteiger partial charge in [0.25, 0.3) is 11.5 Å². The van der Waals surface area contributed by atoms with Gasteiger partial charge >= 0.3 is 0 Å². The molecule has 0 aliphatic heterocycles. The Balaban J connectivity index is 1.62. The minimum absolute atomic E-state index is 0.0628. The van der Waals surface area contributed by atoms with Gasteiger partial charge in [-0.1, -0.05) is 0 Å². The number of nitrogens with zero attached hydrogens (tertiary/aromatic N) is 3. The highest BCUT2D eigenvalue weighted by Gasteiger charge is 2.15. The molecule has 32 heavy (non-hydrogen) atoms. The van der Waals surface area contributed by atoms with Crippen LogP contribution in [0.2, 0.25) is 0 Å². The summed E-state index contributed by atoms with van der Waals surface area (Å²) in [6, 6.07) is 4.62. The number of amides is 1. The molecule has 0 radical (unpaired) electrons. The fourth-order valence-electron chi connectivity index (χ4n) is 2.74. The molecule has 0 aliphatic carbocycles. The Morgan fingerprint density at radius 2 is 1.84 bits per heavy atom. The van der Waals surface area contributed by atoms with Crippen LogP contribution in [-0.2, 0) is 16.1 Å². The summed E-state index contributed by atoms with van der Waals surface area (Å²) in [5, 5.41) is 26.9. The van der Waals surface area contributed by atoms with Crippen molar-refractivity contribution < 1.29 is 24.6 Å². The van der Waals surface area contributed by atoms with E-state index in [0.29, 0.717) is 11.4 Å². The number of carbonyl (C=O) groups is 3. The van der Waals surface area contributed by atoms with Crippen LogP contribution in [0.1, 0.15) is 28.9 Å². The summed E-state index contributed by atoms with van der Waals surface area (Å²) in [6.45, 7) is 0.235. The molecule has 0 saturated carbocycles. The summed E-state index contributed by atoms with van der Waals surface area (Å²) in [5.41, 5.74) is 6.46. The van der Waals surface area contributed by atoms with Crippen LogP contribution in [-0.4, -0.2) is 43.8 Å². The number of rotatable bonds is 9. The lowest BCUT2D eigenvalue weighted by Gasteiger charge is -2.20. The van der Waals surface area contributed by atoms with Crippen LogP contribution in [0.3, 0.4) is 0 Å². The summed E-state index contributed by atoms with van der Waals surface area (Å²) in [7, 11) is 0. The number of aliphatic carboxylic acids is 2. The Labute approximate surface area is 179 Å². The number of hydrogen-bond donors (Lipinski definition) is 4. The van der Waals surface area contributed by atoms with Gasteiger partial charge in [-0.05, 0) is 37.1 Å². The summed E-state index contributed by atoms with van der Waals surface area (Å²) in [5.74, 6) is -3.79. The van der Waals surface area contributed by atoms with Crippen molar-refractivity contribution >= 4 is 40.6 Å². The van der Waals surface area contributed by atoms with E-state index in [1.165, 1.54) is 18.3 Å². The molecule has 3 aromatic rings. The molecule has 0 spiro atoms. The number of benzene rings is 1. The van der Waals surface area contributed by atoms with Gasteiger partial charge in [0.15, 0.2) is 11.2 Å². The molecule has 2 aromatic heterocycles. The molecular formula is C19H17N7O6-2. The average molecular weight is 439 g/mol. The lowest BCUT2D eigenvalue weighted by Crippen LogP contribution is -2.48. The highest BCUT2D eigenvalue weighted by atomic mass is 16.4. The number of H-pyrrole nitrogens is 1. The van der Waals surface area contributed by atoms with E-state index in [0.717, 1.165) is 0 Å². The van der Waals surface area contributed by atoms with Crippen molar-refractivity contribution in [1.29, 1.82) is 0 Å². The van der Waals surface area contributed by atoms with Crippen LogP contribution in [0.4, 0.5) is 11.6 Å². The second-order valence-electron chi connectivity index (χ2n) is 6.67. The Morgan fingerprint density at radius 3 is 2.50 bits per heavy atom. The topological polar surface area (TPSA) is 219 Å². The number of nitrogens with two attached hydrogens (primary N) is 1. The fourth-order valence-corrected chi connectivity index (χ4v) is 2.74. The normalized spacial score (nSPS) is 11.6. The van der Waals surface area contributed by atoms with Gasteiger partial charge in [0.05, 0.1) is 30.4 Å². The summed E-state index contributed by atoms with van der Waals surface area (Å²) in [4.78, 5) is 60.1. The standard InChI is InChI=1S/C19H19N7O6/c20-19-25-15-14(17(30)26-19)22-8-11(23-15)7-21-10-3-1-9(2-4-10)16(29)24-12(18(31)32)5-6-13(27)28/h1-4,8,12,21H,5-7H2,(H,24,29)(H,27,28)(H,31,32)(H3,20,23,25,26,30)/p-2/t12-/m0/s1. The molecular weight excluding hydrogens is 422 g/mol. The fraction of sp³-hybridized carbons (Fsp3) is 0.211. The number of carboxylic acids is 2. The number of nitrogens with one attached hydrogen (secondary N) is 3. The van der Waals surface area contributed by atoms with E-state index in [2.05, 4.69) is 30.6 Å². The van der Waals surface area contributed by atoms with E-state index < -0.39 is 35.9 Å². The van der Waals surface area contributed by atoms with Gasteiger partial charge < -0.3 is 36.2 Å². The molecule has 0 unspecified atom stereocenters. The molecule has 0 bridgehead atoms. The van der Waals surface area contributed by atoms with E-state index in [1.54, 1.807) is 12.1 Å². The first-order valence-electron chi connectivity index (χ1n) is 9.30. The molecule has 0 fully saturated rings. The maximum Gasteiger partial charge on any atom is 0.280 e. The van der Waals surface area contributed by atoms with Crippen LogP contribution >= 0.6 is 0 Å². The maximum atomic E-state index is 12.2. The second kappa shape index (κ2) is 9.51. The molecule has 13 heteroatoms. The number of fused-ring (bicyclic) bond motifs is 1. The predicted molar refractivity (Wildman–Crippen MR) is 107 cm³/mol. The van der Waals surface area contributed by atoms with Gasteiger partial charge in [-0.15, -0.1) is 0 Å². The lowest BCUT2D eigenvalue weighted by atomic mass is 10.1. The molecule has 0 aliphatic rings. The number of aromatic nitrogens is 4. The van der Waals surface area contributed by atoms with Gasteiger partial charge in [0.1, 0.15) is 0 Å². The predicted octanol–water partition coefficient (Wildman–Crippen LogP) is -2.71. The number of carboxylic acid groups (broad SMARTS) is 2. The molecule has 3 rings (SSSR count). The minimum atomic E-state index is -1.59. The summed E-state index contributed by atoms with van der Waals surface area (Å²) < 4.78 is 0. The van der Waals surface area contributed by atoms with Crippen molar-refractivity contribution in [2.24, 2.45) is 0 Å². The van der Waals surface area contributed by atoms with Crippen molar-refractivity contribution in [1.82, 2.24) is 25.3 Å². The zero-order valence-corrected chi connectivity index (χ0v) is 16.5. The van der Waals surface area contributed by atoms with Crippen LogP contribution < -0.4 is 32.1 Å². The van der Waals surface area contributed by atoms with E-state index in [9.17, 15) is 29.4 Å². The van der Waals surface area contributed by atoms with Gasteiger partial charge in [-0.2, -0.15) is 4.98 Å². The molecule has 13 nitrogen and oxygen atoms in total. The monoisotopic (exact) mass is 439 g/mol.